The van der Waals surface area contributed by atoms with Gasteiger partial charge in [-0.25, -0.2) is 8.42 Å². The highest BCUT2D eigenvalue weighted by Gasteiger charge is 2.33. The lowest BCUT2D eigenvalue weighted by Crippen LogP contribution is -2.53. The van der Waals surface area contributed by atoms with Crippen LogP contribution in [0.2, 0.25) is 0 Å². The molecule has 36 heavy (non-hydrogen) atoms. The van der Waals surface area contributed by atoms with E-state index in [0.29, 0.717) is 6.42 Å². The topological polar surface area (TPSA) is 130 Å². The fourth-order valence-electron chi connectivity index (χ4n) is 4.44. The maximum absolute atomic E-state index is 13.6. The average molecular weight is 517 g/mol. The van der Waals surface area contributed by atoms with E-state index in [4.69, 9.17) is 0 Å². The summed E-state index contributed by atoms with van der Waals surface area (Å²) in [5, 5.41) is 14.3. The molecule has 1 saturated carbocycles. The molecule has 11 heteroatoms. The van der Waals surface area contributed by atoms with Crippen molar-refractivity contribution < 1.29 is 22.9 Å². The summed E-state index contributed by atoms with van der Waals surface area (Å²) in [7, 11) is -3.97. The molecule has 0 aromatic heterocycles. The van der Waals surface area contributed by atoms with E-state index in [9.17, 15) is 28.1 Å². The molecule has 1 aliphatic rings. The average Bonchev–Trinajstić information content (AvgIpc) is 3.35. The van der Waals surface area contributed by atoms with Crippen molar-refractivity contribution in [3.63, 3.8) is 0 Å². The van der Waals surface area contributed by atoms with E-state index in [1.807, 2.05) is 30.3 Å². The first-order chi connectivity index (χ1) is 17.1. The molecule has 1 atom stereocenters. The minimum absolute atomic E-state index is 0.00293. The second-order valence-electron chi connectivity index (χ2n) is 8.97. The number of rotatable bonds is 11. The van der Waals surface area contributed by atoms with Gasteiger partial charge in [0.1, 0.15) is 12.6 Å². The first-order valence-electron chi connectivity index (χ1n) is 12.0. The zero-order valence-electron chi connectivity index (χ0n) is 20.5. The molecule has 0 spiro atoms. The molecule has 10 nitrogen and oxygen atoms in total. The van der Waals surface area contributed by atoms with Crippen LogP contribution in [-0.4, -0.2) is 54.9 Å². The van der Waals surface area contributed by atoms with Crippen LogP contribution in [0.4, 0.5) is 11.4 Å². The number of nitrogens with zero attached hydrogens (tertiary/aromatic N) is 3. The van der Waals surface area contributed by atoms with Crippen molar-refractivity contribution in [1.82, 2.24) is 10.2 Å². The van der Waals surface area contributed by atoms with Crippen LogP contribution < -0.4 is 9.62 Å². The standard InChI is InChI=1S/C25H32N4O6S/c1-3-23(25(31)26-20-12-7-8-13-20)27(17-19-10-5-4-6-11-19)24(30)18-28(36(2,34)35)21-14-9-15-22(16-21)29(32)33/h4-6,9-11,14-16,20,23H,3,7-8,12-13,17-18H2,1-2H3,(H,26,31)/t23-/m1/s1. The lowest BCUT2D eigenvalue weighted by Gasteiger charge is -2.33. The molecule has 0 aliphatic heterocycles. The van der Waals surface area contributed by atoms with Crippen molar-refractivity contribution in [2.24, 2.45) is 0 Å². The zero-order chi connectivity index (χ0) is 26.3. The zero-order valence-corrected chi connectivity index (χ0v) is 21.3. The van der Waals surface area contributed by atoms with Gasteiger partial charge in [0.25, 0.3) is 5.69 Å². The summed E-state index contributed by atoms with van der Waals surface area (Å²) in [6.45, 7) is 1.32. The predicted molar refractivity (Wildman–Crippen MR) is 137 cm³/mol. The van der Waals surface area contributed by atoms with Crippen molar-refractivity contribution in [3.05, 3.63) is 70.3 Å². The van der Waals surface area contributed by atoms with Crippen LogP contribution in [0.5, 0.6) is 0 Å². The molecule has 0 saturated heterocycles. The van der Waals surface area contributed by atoms with E-state index in [1.165, 1.54) is 23.1 Å². The number of carbonyl (C=O) groups excluding carboxylic acids is 2. The lowest BCUT2D eigenvalue weighted by molar-refractivity contribution is -0.384. The van der Waals surface area contributed by atoms with E-state index in [2.05, 4.69) is 5.32 Å². The fraction of sp³-hybridized carbons (Fsp3) is 0.440. The third kappa shape index (κ3) is 7.03. The summed E-state index contributed by atoms with van der Waals surface area (Å²) in [4.78, 5) is 38.9. The van der Waals surface area contributed by atoms with E-state index in [1.54, 1.807) is 6.92 Å². The van der Waals surface area contributed by atoms with Crippen molar-refractivity contribution in [2.75, 3.05) is 17.1 Å². The fourth-order valence-corrected chi connectivity index (χ4v) is 5.28. The maximum atomic E-state index is 13.6. The summed E-state index contributed by atoms with van der Waals surface area (Å²) in [6, 6.07) is 13.5. The minimum atomic E-state index is -3.97. The largest absolute Gasteiger partial charge is 0.352 e. The molecule has 1 aliphatic carbocycles. The van der Waals surface area contributed by atoms with Crippen LogP contribution in [0.1, 0.15) is 44.6 Å². The Balaban J connectivity index is 1.92. The van der Waals surface area contributed by atoms with Crippen LogP contribution in [0, 0.1) is 10.1 Å². The highest BCUT2D eigenvalue weighted by Crippen LogP contribution is 2.24. The molecule has 2 amide bonds. The number of nitrogens with one attached hydrogen (secondary N) is 1. The molecule has 0 unspecified atom stereocenters. The van der Waals surface area contributed by atoms with Gasteiger partial charge in [-0.05, 0) is 30.9 Å². The van der Waals surface area contributed by atoms with Crippen molar-refractivity contribution in [3.8, 4) is 0 Å². The van der Waals surface area contributed by atoms with E-state index in [0.717, 1.165) is 47.9 Å². The number of non-ortho nitro benzene ring substituents is 1. The SMILES string of the molecule is CC[C@H](C(=O)NC1CCCC1)N(Cc1ccccc1)C(=O)CN(c1cccc([N+](=O)[O-])c1)S(C)(=O)=O. The highest BCUT2D eigenvalue weighted by atomic mass is 32.2. The molecule has 1 N–H and O–H groups in total. The number of hydrogen-bond acceptors (Lipinski definition) is 6. The van der Waals surface area contributed by atoms with Gasteiger partial charge in [0.15, 0.2) is 0 Å². The maximum Gasteiger partial charge on any atom is 0.271 e. The van der Waals surface area contributed by atoms with Crippen molar-refractivity contribution in [1.29, 1.82) is 0 Å². The van der Waals surface area contributed by atoms with E-state index < -0.39 is 33.4 Å². The normalized spacial score (nSPS) is 14.7. The number of anilines is 1. The summed E-state index contributed by atoms with van der Waals surface area (Å²) < 4.78 is 26.1. The Morgan fingerprint density at radius 2 is 1.78 bits per heavy atom. The Morgan fingerprint density at radius 1 is 1.11 bits per heavy atom. The van der Waals surface area contributed by atoms with Crippen LogP contribution in [0.3, 0.4) is 0 Å². The number of nitro benzene ring substituents is 1. The smallest absolute Gasteiger partial charge is 0.271 e. The summed E-state index contributed by atoms with van der Waals surface area (Å²) in [5.41, 5.74) is 0.500. The molecule has 0 heterocycles. The second kappa shape index (κ2) is 12.0. The third-order valence-corrected chi connectivity index (χ3v) is 7.43. The number of benzene rings is 2. The Bertz CT molecular complexity index is 1180. The quantitative estimate of drug-likeness (QED) is 0.361. The second-order valence-corrected chi connectivity index (χ2v) is 10.9. The van der Waals surface area contributed by atoms with E-state index >= 15 is 0 Å². The van der Waals surface area contributed by atoms with Gasteiger partial charge < -0.3 is 10.2 Å². The molecule has 194 valence electrons. The lowest BCUT2D eigenvalue weighted by atomic mass is 10.1. The highest BCUT2D eigenvalue weighted by molar-refractivity contribution is 7.92. The Kier molecular flexibility index (Phi) is 9.03. The van der Waals surface area contributed by atoms with E-state index in [-0.39, 0.29) is 29.9 Å². The summed E-state index contributed by atoms with van der Waals surface area (Å²) >= 11 is 0. The molecule has 2 aromatic carbocycles. The first-order valence-corrected chi connectivity index (χ1v) is 13.8. The molecule has 1 fully saturated rings. The van der Waals surface area contributed by atoms with Gasteiger partial charge >= 0.3 is 0 Å². The number of carbonyl (C=O) groups is 2. The van der Waals surface area contributed by atoms with Gasteiger partial charge in [0, 0.05) is 24.7 Å². The molecule has 2 aromatic rings. The van der Waals surface area contributed by atoms with Crippen LogP contribution >= 0.6 is 0 Å². The minimum Gasteiger partial charge on any atom is -0.352 e. The summed E-state index contributed by atoms with van der Waals surface area (Å²) in [6.07, 6.45) is 5.15. The molecule has 0 radical (unpaired) electrons. The van der Waals surface area contributed by atoms with Crippen LogP contribution in [0.15, 0.2) is 54.6 Å². The van der Waals surface area contributed by atoms with Gasteiger partial charge in [0.05, 0.1) is 16.9 Å². The predicted octanol–water partition coefficient (Wildman–Crippen LogP) is 3.23. The third-order valence-electron chi connectivity index (χ3n) is 6.29. The van der Waals surface area contributed by atoms with Gasteiger partial charge in [-0.2, -0.15) is 0 Å². The van der Waals surface area contributed by atoms with Crippen LogP contribution in [0.25, 0.3) is 0 Å². The Labute approximate surface area is 211 Å². The monoisotopic (exact) mass is 516 g/mol. The number of amides is 2. The molecule has 0 bridgehead atoms. The molecular formula is C25H32N4O6S. The summed E-state index contributed by atoms with van der Waals surface area (Å²) in [5.74, 6) is -0.848. The first kappa shape index (κ1) is 27.1. The van der Waals surface area contributed by atoms with Crippen LogP contribution in [-0.2, 0) is 26.2 Å². The van der Waals surface area contributed by atoms with Gasteiger partial charge in [-0.1, -0.05) is 56.2 Å². The number of hydrogen-bond donors (Lipinski definition) is 1. The van der Waals surface area contributed by atoms with Gasteiger partial charge in [0.2, 0.25) is 21.8 Å². The number of nitro groups is 1. The molecule has 3 rings (SSSR count). The number of sulfonamides is 1. The van der Waals surface area contributed by atoms with Gasteiger partial charge in [-0.15, -0.1) is 0 Å². The Morgan fingerprint density at radius 3 is 2.36 bits per heavy atom. The Hall–Kier alpha value is -3.47. The molecular weight excluding hydrogens is 484 g/mol. The van der Waals surface area contributed by atoms with Crippen molar-refractivity contribution in [2.45, 2.75) is 57.7 Å². The van der Waals surface area contributed by atoms with Gasteiger partial charge in [-0.3, -0.25) is 24.0 Å². The van der Waals surface area contributed by atoms with Crippen molar-refractivity contribution >= 4 is 33.2 Å².